The van der Waals surface area contributed by atoms with Gasteiger partial charge in [0.05, 0.1) is 5.75 Å². The van der Waals surface area contributed by atoms with Crippen molar-refractivity contribution in [2.45, 2.75) is 24.8 Å². The number of aryl methyl sites for hydroxylation is 2. The monoisotopic (exact) mass is 281 g/mol. The van der Waals surface area contributed by atoms with Crippen LogP contribution in [0.3, 0.4) is 0 Å². The Labute approximate surface area is 114 Å². The Morgan fingerprint density at radius 2 is 1.83 bits per heavy atom. The fourth-order valence-corrected chi connectivity index (χ4v) is 2.43. The Bertz CT molecular complexity index is 483. The Morgan fingerprint density at radius 3 is 2.50 bits per heavy atom. The van der Waals surface area contributed by atoms with E-state index in [9.17, 15) is 0 Å². The predicted molar refractivity (Wildman–Crippen MR) is 72.5 cm³/mol. The minimum atomic E-state index is 0.447. The van der Waals surface area contributed by atoms with Crippen LogP contribution in [-0.4, -0.2) is 19.9 Å². The lowest BCUT2D eigenvalue weighted by Gasteiger charge is -2.03. The molecule has 18 heavy (non-hydrogen) atoms. The van der Waals surface area contributed by atoms with E-state index in [0.717, 1.165) is 11.4 Å². The van der Waals surface area contributed by atoms with Gasteiger partial charge in [0.2, 0.25) is 0 Å². The third-order valence-corrected chi connectivity index (χ3v) is 3.09. The standard InChI is InChI=1S/C11H12ClN5S/c1-6-3-8(12)16-10(14-6)5-18-11-15-7(2)4-9(13)17-11/h3-4H,5H2,1-2H3,(H2,13,15,17). The van der Waals surface area contributed by atoms with E-state index < -0.39 is 0 Å². The normalized spacial score (nSPS) is 10.6. The molecule has 0 saturated heterocycles. The maximum Gasteiger partial charge on any atom is 0.190 e. The highest BCUT2D eigenvalue weighted by molar-refractivity contribution is 7.98. The average Bonchev–Trinajstić information content (AvgIpc) is 2.23. The summed E-state index contributed by atoms with van der Waals surface area (Å²) in [5, 5.41) is 1.07. The molecule has 2 rings (SSSR count). The number of hydrogen-bond donors (Lipinski definition) is 1. The Morgan fingerprint density at radius 1 is 1.11 bits per heavy atom. The molecule has 0 spiro atoms. The zero-order valence-electron chi connectivity index (χ0n) is 10.0. The van der Waals surface area contributed by atoms with E-state index in [1.165, 1.54) is 11.8 Å². The van der Waals surface area contributed by atoms with Crippen LogP contribution in [0.25, 0.3) is 0 Å². The summed E-state index contributed by atoms with van der Waals surface area (Å²) >= 11 is 7.30. The van der Waals surface area contributed by atoms with Crippen molar-refractivity contribution in [2.75, 3.05) is 5.73 Å². The number of nitrogens with zero attached hydrogens (tertiary/aromatic N) is 4. The van der Waals surface area contributed by atoms with Gasteiger partial charge < -0.3 is 5.73 Å². The molecule has 0 unspecified atom stereocenters. The molecule has 0 amide bonds. The quantitative estimate of drug-likeness (QED) is 0.529. The fourth-order valence-electron chi connectivity index (χ4n) is 1.41. The molecule has 0 radical (unpaired) electrons. The summed E-state index contributed by atoms with van der Waals surface area (Å²) in [6, 6.07) is 3.45. The molecule has 2 aromatic heterocycles. The molecule has 94 valence electrons. The summed E-state index contributed by atoms with van der Waals surface area (Å²) in [7, 11) is 0. The van der Waals surface area contributed by atoms with E-state index in [2.05, 4.69) is 19.9 Å². The van der Waals surface area contributed by atoms with Crippen molar-refractivity contribution in [3.05, 3.63) is 34.5 Å². The van der Waals surface area contributed by atoms with Gasteiger partial charge in [0.1, 0.15) is 16.8 Å². The maximum absolute atomic E-state index is 5.87. The van der Waals surface area contributed by atoms with Crippen LogP contribution < -0.4 is 5.73 Å². The topological polar surface area (TPSA) is 77.6 Å². The van der Waals surface area contributed by atoms with Crippen LogP contribution in [0.1, 0.15) is 17.2 Å². The van der Waals surface area contributed by atoms with Crippen molar-refractivity contribution < 1.29 is 0 Å². The molecule has 2 N–H and O–H groups in total. The first-order valence-electron chi connectivity index (χ1n) is 5.27. The zero-order chi connectivity index (χ0) is 13.1. The Balaban J connectivity index is 2.11. The van der Waals surface area contributed by atoms with Crippen LogP contribution in [0.4, 0.5) is 5.82 Å². The molecule has 0 saturated carbocycles. The second-order valence-corrected chi connectivity index (χ2v) is 5.08. The lowest BCUT2D eigenvalue weighted by atomic mass is 10.4. The first kappa shape index (κ1) is 13.0. The SMILES string of the molecule is Cc1cc(Cl)nc(CSc2nc(C)cc(N)n2)n1. The van der Waals surface area contributed by atoms with E-state index in [4.69, 9.17) is 17.3 Å². The number of aromatic nitrogens is 4. The van der Waals surface area contributed by atoms with Crippen molar-refractivity contribution in [3.8, 4) is 0 Å². The van der Waals surface area contributed by atoms with Gasteiger partial charge in [-0.3, -0.25) is 0 Å². The first-order valence-corrected chi connectivity index (χ1v) is 6.63. The molecule has 0 fully saturated rings. The van der Waals surface area contributed by atoms with Gasteiger partial charge in [0.25, 0.3) is 0 Å². The third kappa shape index (κ3) is 3.54. The van der Waals surface area contributed by atoms with Crippen LogP contribution in [0.5, 0.6) is 0 Å². The van der Waals surface area contributed by atoms with Gasteiger partial charge in [-0.25, -0.2) is 19.9 Å². The lowest BCUT2D eigenvalue weighted by molar-refractivity contribution is 0.932. The largest absolute Gasteiger partial charge is 0.384 e. The second kappa shape index (κ2) is 5.49. The molecule has 7 heteroatoms. The minimum Gasteiger partial charge on any atom is -0.384 e. The molecular formula is C11H12ClN5S. The lowest BCUT2D eigenvalue weighted by Crippen LogP contribution is -1.99. The van der Waals surface area contributed by atoms with E-state index >= 15 is 0 Å². The molecule has 2 heterocycles. The summed E-state index contributed by atoms with van der Waals surface area (Å²) in [6.07, 6.45) is 0. The number of nitrogen functional groups attached to an aromatic ring is 1. The molecule has 0 aromatic carbocycles. The summed E-state index contributed by atoms with van der Waals surface area (Å²) in [6.45, 7) is 3.75. The van der Waals surface area contributed by atoms with E-state index in [0.29, 0.717) is 27.7 Å². The van der Waals surface area contributed by atoms with Crippen molar-refractivity contribution in [3.63, 3.8) is 0 Å². The highest BCUT2D eigenvalue weighted by atomic mass is 35.5. The summed E-state index contributed by atoms with van der Waals surface area (Å²) in [4.78, 5) is 16.8. The summed E-state index contributed by atoms with van der Waals surface area (Å²) in [5.74, 6) is 1.69. The van der Waals surface area contributed by atoms with E-state index in [1.54, 1.807) is 12.1 Å². The van der Waals surface area contributed by atoms with Crippen LogP contribution >= 0.6 is 23.4 Å². The molecule has 0 bridgehead atoms. The van der Waals surface area contributed by atoms with Gasteiger partial charge in [-0.15, -0.1) is 0 Å². The fraction of sp³-hybridized carbons (Fsp3) is 0.273. The number of hydrogen-bond acceptors (Lipinski definition) is 6. The third-order valence-electron chi connectivity index (χ3n) is 2.05. The highest BCUT2D eigenvalue weighted by Crippen LogP contribution is 2.19. The number of nitrogens with two attached hydrogens (primary N) is 1. The summed E-state index contributed by atoms with van der Waals surface area (Å²) < 4.78 is 0. The van der Waals surface area contributed by atoms with Gasteiger partial charge in [-0.1, -0.05) is 23.4 Å². The molecule has 5 nitrogen and oxygen atoms in total. The van der Waals surface area contributed by atoms with Gasteiger partial charge >= 0.3 is 0 Å². The number of anilines is 1. The number of thioether (sulfide) groups is 1. The molecule has 0 aliphatic heterocycles. The highest BCUT2D eigenvalue weighted by Gasteiger charge is 2.05. The molecule has 0 atom stereocenters. The van der Waals surface area contributed by atoms with Gasteiger partial charge in [0.15, 0.2) is 5.16 Å². The van der Waals surface area contributed by atoms with E-state index in [1.807, 2.05) is 13.8 Å². The Hall–Kier alpha value is -1.40. The maximum atomic E-state index is 5.87. The predicted octanol–water partition coefficient (Wildman–Crippen LogP) is 2.41. The van der Waals surface area contributed by atoms with Gasteiger partial charge in [-0.2, -0.15) is 0 Å². The zero-order valence-corrected chi connectivity index (χ0v) is 11.6. The number of halogens is 1. The average molecular weight is 282 g/mol. The van der Waals surface area contributed by atoms with Gasteiger partial charge in [-0.05, 0) is 19.9 Å². The van der Waals surface area contributed by atoms with E-state index in [-0.39, 0.29) is 0 Å². The summed E-state index contributed by atoms with van der Waals surface area (Å²) in [5.41, 5.74) is 7.34. The second-order valence-electron chi connectivity index (χ2n) is 3.75. The van der Waals surface area contributed by atoms with Crippen LogP contribution in [0, 0.1) is 13.8 Å². The smallest absolute Gasteiger partial charge is 0.190 e. The van der Waals surface area contributed by atoms with Crippen LogP contribution in [0.15, 0.2) is 17.3 Å². The van der Waals surface area contributed by atoms with Crippen molar-refractivity contribution in [2.24, 2.45) is 0 Å². The molecular weight excluding hydrogens is 270 g/mol. The minimum absolute atomic E-state index is 0.447. The molecule has 0 aliphatic rings. The van der Waals surface area contributed by atoms with Gasteiger partial charge in [0, 0.05) is 17.5 Å². The van der Waals surface area contributed by atoms with Crippen LogP contribution in [-0.2, 0) is 5.75 Å². The van der Waals surface area contributed by atoms with Crippen molar-refractivity contribution >= 4 is 29.2 Å². The molecule has 2 aromatic rings. The first-order chi connectivity index (χ1) is 8.52. The molecule has 0 aliphatic carbocycles. The van der Waals surface area contributed by atoms with Crippen molar-refractivity contribution in [1.29, 1.82) is 0 Å². The van der Waals surface area contributed by atoms with Crippen LogP contribution in [0.2, 0.25) is 5.15 Å². The Kier molecular flexibility index (Phi) is 3.98. The van der Waals surface area contributed by atoms with Crippen molar-refractivity contribution in [1.82, 2.24) is 19.9 Å². The number of rotatable bonds is 3.